The van der Waals surface area contributed by atoms with Crippen LogP contribution in [0.2, 0.25) is 0 Å². The molecular weight excluding hydrogens is 474 g/mol. The van der Waals surface area contributed by atoms with Crippen LogP contribution in [0.25, 0.3) is 11.3 Å². The molecule has 0 saturated carbocycles. The third-order valence-electron chi connectivity index (χ3n) is 6.75. The average Bonchev–Trinajstić information content (AvgIpc) is 3.44. The van der Waals surface area contributed by atoms with E-state index in [2.05, 4.69) is 25.7 Å². The number of aryl methyl sites for hydroxylation is 2. The molecular formula is C24H31N11O2. The van der Waals surface area contributed by atoms with Crippen LogP contribution in [0.15, 0.2) is 12.1 Å². The highest BCUT2D eigenvalue weighted by molar-refractivity contribution is 6.01. The van der Waals surface area contributed by atoms with Gasteiger partial charge in [-0.2, -0.15) is 15.0 Å². The lowest BCUT2D eigenvalue weighted by molar-refractivity contribution is 0.0958. The zero-order valence-electron chi connectivity index (χ0n) is 24.6. The lowest BCUT2D eigenvalue weighted by atomic mass is 9.98. The molecule has 0 aliphatic carbocycles. The summed E-state index contributed by atoms with van der Waals surface area (Å²) in [7, 11) is 3.67. The lowest BCUT2D eigenvalue weighted by Gasteiger charge is -2.33. The van der Waals surface area contributed by atoms with Crippen LogP contribution in [0.5, 0.6) is 0 Å². The number of rotatable bonds is 5. The number of aromatic nitrogens is 6. The van der Waals surface area contributed by atoms with E-state index in [0.29, 0.717) is 24.6 Å². The fourth-order valence-corrected chi connectivity index (χ4v) is 4.77. The number of nitrogens with one attached hydrogen (secondary N) is 2. The molecule has 3 aromatic heterocycles. The second kappa shape index (κ2) is 8.98. The Morgan fingerprint density at radius 1 is 1.19 bits per heavy atom. The van der Waals surface area contributed by atoms with E-state index in [1.165, 1.54) is 15.8 Å². The first-order valence-corrected chi connectivity index (χ1v) is 12.0. The maximum Gasteiger partial charge on any atom is 0.326 e. The van der Waals surface area contributed by atoms with Gasteiger partial charge in [0.25, 0.3) is 5.91 Å². The van der Waals surface area contributed by atoms with Gasteiger partial charge >= 0.3 is 6.03 Å². The van der Waals surface area contributed by atoms with Crippen molar-refractivity contribution in [1.29, 1.82) is 0 Å². The first-order valence-electron chi connectivity index (χ1n) is 13.5. The minimum absolute atomic E-state index is 0.00101. The van der Waals surface area contributed by atoms with Gasteiger partial charge in [-0.3, -0.25) is 9.69 Å². The largest absolute Gasteiger partial charge is 0.363 e. The van der Waals surface area contributed by atoms with E-state index >= 15 is 0 Å². The highest BCUT2D eigenvalue weighted by atomic mass is 16.2. The number of nitrogens with zero attached hydrogens (tertiary/aromatic N) is 9. The van der Waals surface area contributed by atoms with Crippen LogP contribution in [0.3, 0.4) is 0 Å². The molecule has 5 heterocycles. The van der Waals surface area contributed by atoms with E-state index in [9.17, 15) is 9.59 Å². The Balaban J connectivity index is 1.62. The van der Waals surface area contributed by atoms with Gasteiger partial charge in [0.05, 0.1) is 17.4 Å². The van der Waals surface area contributed by atoms with Gasteiger partial charge in [-0.25, -0.2) is 9.78 Å². The molecule has 0 radical (unpaired) electrons. The molecule has 0 aromatic carbocycles. The van der Waals surface area contributed by atoms with E-state index in [0.717, 1.165) is 22.6 Å². The summed E-state index contributed by atoms with van der Waals surface area (Å²) < 4.78 is 22.5. The third kappa shape index (κ3) is 3.99. The van der Waals surface area contributed by atoms with Crippen molar-refractivity contribution in [3.05, 3.63) is 29.2 Å². The van der Waals surface area contributed by atoms with Gasteiger partial charge in [-0.15, -0.1) is 10.2 Å². The molecule has 13 heteroatoms. The molecule has 0 spiro atoms. The molecule has 1 fully saturated rings. The summed E-state index contributed by atoms with van der Waals surface area (Å²) in [6.07, 6.45) is 0. The van der Waals surface area contributed by atoms with Gasteiger partial charge in [0, 0.05) is 61.6 Å². The van der Waals surface area contributed by atoms with Crippen molar-refractivity contribution >= 4 is 34.9 Å². The molecule has 194 valence electrons. The molecule has 0 bridgehead atoms. The predicted molar refractivity (Wildman–Crippen MR) is 139 cm³/mol. The number of amides is 3. The molecule has 5 rings (SSSR count). The summed E-state index contributed by atoms with van der Waals surface area (Å²) in [5, 5.41) is 22.5. The Kier molecular flexibility index (Phi) is 5.06. The number of carbonyl (C=O) groups is 2. The Morgan fingerprint density at radius 2 is 1.97 bits per heavy atom. The maximum absolute atomic E-state index is 13.0. The zero-order chi connectivity index (χ0) is 29.1. The summed E-state index contributed by atoms with van der Waals surface area (Å²) in [5.41, 5.74) is 3.64. The molecule has 2 N–H and O–H groups in total. The van der Waals surface area contributed by atoms with E-state index < -0.39 is 12.9 Å². The Bertz CT molecular complexity index is 1500. The summed E-state index contributed by atoms with van der Waals surface area (Å²) in [6.45, 7) is 5.85. The molecule has 3 amide bonds. The Labute approximate surface area is 219 Å². The monoisotopic (exact) mass is 508 g/mol. The minimum Gasteiger partial charge on any atom is -0.363 e. The highest BCUT2D eigenvalue weighted by Crippen LogP contribution is 2.46. The SMILES string of the molecule is [2H]C([2H])([2H])NC(=O)c1nnc(N2CCN(C(C)C)C2=O)cc1Nc1nc(C)cc2c1N(C)[C@@H](C)c1nn(C)nc1-2. The molecule has 1 atom stereocenters. The van der Waals surface area contributed by atoms with Crippen LogP contribution >= 0.6 is 0 Å². The van der Waals surface area contributed by atoms with Crippen molar-refractivity contribution in [2.45, 2.75) is 39.8 Å². The summed E-state index contributed by atoms with van der Waals surface area (Å²) >= 11 is 0. The number of hydrogen-bond donors (Lipinski definition) is 2. The lowest BCUT2D eigenvalue weighted by Crippen LogP contribution is -2.36. The van der Waals surface area contributed by atoms with Crippen LogP contribution in [-0.4, -0.2) is 80.2 Å². The van der Waals surface area contributed by atoms with Crippen molar-refractivity contribution in [3.8, 4) is 11.3 Å². The first kappa shape index (κ1) is 20.9. The third-order valence-corrected chi connectivity index (χ3v) is 6.75. The van der Waals surface area contributed by atoms with Crippen molar-refractivity contribution < 1.29 is 13.7 Å². The maximum atomic E-state index is 13.0. The van der Waals surface area contributed by atoms with Gasteiger partial charge in [-0.05, 0) is 33.8 Å². The average molecular weight is 509 g/mol. The van der Waals surface area contributed by atoms with Gasteiger partial charge < -0.3 is 20.4 Å². The van der Waals surface area contributed by atoms with Gasteiger partial charge in [0.1, 0.15) is 11.4 Å². The number of hydrogen-bond acceptors (Lipinski definition) is 9. The molecule has 37 heavy (non-hydrogen) atoms. The second-order valence-electron chi connectivity index (χ2n) is 9.48. The molecule has 2 aliphatic heterocycles. The topological polar surface area (TPSA) is 137 Å². The Morgan fingerprint density at radius 3 is 2.68 bits per heavy atom. The molecule has 13 nitrogen and oxygen atoms in total. The minimum atomic E-state index is -2.74. The van der Waals surface area contributed by atoms with Crippen molar-refractivity contribution in [1.82, 2.24) is 40.4 Å². The van der Waals surface area contributed by atoms with Gasteiger partial charge in [0.2, 0.25) is 0 Å². The van der Waals surface area contributed by atoms with E-state index in [-0.39, 0.29) is 35.3 Å². The van der Waals surface area contributed by atoms with E-state index in [1.54, 1.807) is 11.9 Å². The van der Waals surface area contributed by atoms with Crippen LogP contribution in [0.4, 0.5) is 27.8 Å². The van der Waals surface area contributed by atoms with E-state index in [4.69, 9.17) is 9.10 Å². The zero-order valence-corrected chi connectivity index (χ0v) is 21.6. The number of urea groups is 1. The second-order valence-corrected chi connectivity index (χ2v) is 9.48. The summed E-state index contributed by atoms with van der Waals surface area (Å²) in [5.74, 6) is -0.322. The number of pyridine rings is 1. The Hall–Kier alpha value is -4.29. The molecule has 3 aromatic rings. The summed E-state index contributed by atoms with van der Waals surface area (Å²) in [4.78, 5) is 37.4. The number of anilines is 4. The van der Waals surface area contributed by atoms with Gasteiger partial charge in [-0.1, -0.05) is 0 Å². The quantitative estimate of drug-likeness (QED) is 0.531. The van der Waals surface area contributed by atoms with Crippen molar-refractivity contribution in [2.24, 2.45) is 7.05 Å². The highest BCUT2D eigenvalue weighted by Gasteiger charge is 2.35. The van der Waals surface area contributed by atoms with Crippen LogP contribution in [0.1, 0.15) is 52.8 Å². The van der Waals surface area contributed by atoms with Crippen LogP contribution in [0, 0.1) is 6.92 Å². The fraction of sp³-hybridized carbons (Fsp3) is 0.458. The number of fused-ring (bicyclic) bond motifs is 3. The van der Waals surface area contributed by atoms with Crippen molar-refractivity contribution in [2.75, 3.05) is 42.2 Å². The summed E-state index contributed by atoms with van der Waals surface area (Å²) in [6, 6.07) is 3.07. The standard InChI is InChI=1S/C24H31N11O2/c1-12(2)34-8-9-35(24(34)37)17-11-16(20(29-28-17)23(36)25-5)27-22-21-15(10-13(3)26-22)19-18(14(4)32(21)6)30-33(7)31-19/h10-12,14H,8-9H2,1-7H3,(H,25,36)(H,26,27,28)/t14-/m0/s1/i5D3. The van der Waals surface area contributed by atoms with Crippen LogP contribution in [-0.2, 0) is 7.05 Å². The number of carbonyl (C=O) groups excluding carboxylic acids is 2. The van der Waals surface area contributed by atoms with Gasteiger partial charge in [0.15, 0.2) is 17.3 Å². The van der Waals surface area contributed by atoms with Crippen LogP contribution < -0.4 is 20.4 Å². The fourth-order valence-electron chi connectivity index (χ4n) is 4.77. The predicted octanol–water partition coefficient (Wildman–Crippen LogP) is 2.24. The normalized spacial score (nSPS) is 18.4. The molecule has 2 aliphatic rings. The smallest absolute Gasteiger partial charge is 0.326 e. The van der Waals surface area contributed by atoms with Crippen molar-refractivity contribution in [3.63, 3.8) is 0 Å². The molecule has 0 unspecified atom stereocenters. The molecule has 1 saturated heterocycles. The first-order chi connectivity index (χ1) is 18.7. The van der Waals surface area contributed by atoms with E-state index in [1.807, 2.05) is 51.0 Å².